The highest BCUT2D eigenvalue weighted by atomic mass is 32.2. The van der Waals surface area contributed by atoms with E-state index in [0.29, 0.717) is 22.2 Å². The molecule has 33 heavy (non-hydrogen) atoms. The highest BCUT2D eigenvalue weighted by Crippen LogP contribution is 2.29. The Balaban J connectivity index is 1.50. The molecule has 0 radical (unpaired) electrons. The van der Waals surface area contributed by atoms with Crippen molar-refractivity contribution >= 4 is 33.2 Å². The van der Waals surface area contributed by atoms with Gasteiger partial charge >= 0.3 is 0 Å². The number of amides is 1. The highest BCUT2D eigenvalue weighted by Gasteiger charge is 2.15. The maximum absolute atomic E-state index is 12.4. The molecule has 3 aromatic carbocycles. The van der Waals surface area contributed by atoms with Gasteiger partial charge in [0.05, 0.1) is 10.6 Å². The largest absolute Gasteiger partial charge is 0.325 e. The lowest BCUT2D eigenvalue weighted by molar-refractivity contribution is -0.113. The Hall–Kier alpha value is -3.56. The van der Waals surface area contributed by atoms with E-state index in [1.165, 1.54) is 23.9 Å². The molecule has 7 nitrogen and oxygen atoms in total. The number of carbonyl (C=O) groups excluding carboxylic acids is 1. The van der Waals surface area contributed by atoms with Crippen LogP contribution in [0.5, 0.6) is 0 Å². The van der Waals surface area contributed by atoms with Crippen LogP contribution in [0.3, 0.4) is 0 Å². The molecule has 0 aliphatic rings. The summed E-state index contributed by atoms with van der Waals surface area (Å²) in [5.41, 5.74) is 3.68. The Morgan fingerprint density at radius 2 is 1.39 bits per heavy atom. The van der Waals surface area contributed by atoms with E-state index >= 15 is 0 Å². The molecule has 0 fully saturated rings. The second kappa shape index (κ2) is 9.93. The van der Waals surface area contributed by atoms with Crippen LogP contribution in [0.25, 0.3) is 22.5 Å². The van der Waals surface area contributed by atoms with Gasteiger partial charge in [-0.25, -0.2) is 13.4 Å². The number of anilines is 1. The number of nitrogens with zero attached hydrogens (tertiary/aromatic N) is 3. The fraction of sp³-hybridized carbons (Fsp3) is 0.0833. The maximum Gasteiger partial charge on any atom is 0.234 e. The van der Waals surface area contributed by atoms with Crippen molar-refractivity contribution < 1.29 is 13.2 Å². The molecule has 1 aromatic heterocycles. The zero-order chi connectivity index (χ0) is 23.3. The molecule has 0 saturated carbocycles. The van der Waals surface area contributed by atoms with Gasteiger partial charge in [0.25, 0.3) is 0 Å². The fourth-order valence-corrected chi connectivity index (χ4v) is 4.29. The van der Waals surface area contributed by atoms with Crippen LogP contribution in [0.15, 0.2) is 95.0 Å². The van der Waals surface area contributed by atoms with Crippen LogP contribution in [0, 0.1) is 0 Å². The third kappa shape index (κ3) is 5.82. The number of aromatic nitrogens is 3. The van der Waals surface area contributed by atoms with Gasteiger partial charge in [-0.3, -0.25) is 4.79 Å². The van der Waals surface area contributed by atoms with Gasteiger partial charge in [0.1, 0.15) is 11.4 Å². The van der Waals surface area contributed by atoms with Crippen molar-refractivity contribution in [2.45, 2.75) is 10.1 Å². The lowest BCUT2D eigenvalue weighted by Crippen LogP contribution is -2.14. The molecule has 1 N–H and O–H groups in total. The predicted molar refractivity (Wildman–Crippen MR) is 130 cm³/mol. The first-order valence-corrected chi connectivity index (χ1v) is 12.9. The third-order valence-corrected chi connectivity index (χ3v) is 6.63. The summed E-state index contributed by atoms with van der Waals surface area (Å²) in [5.74, 6) is -0.182. The van der Waals surface area contributed by atoms with Gasteiger partial charge in [0.15, 0.2) is 9.84 Å². The van der Waals surface area contributed by atoms with E-state index in [2.05, 4.69) is 20.5 Å². The van der Waals surface area contributed by atoms with Crippen molar-refractivity contribution in [1.82, 2.24) is 15.2 Å². The van der Waals surface area contributed by atoms with Crippen LogP contribution in [-0.2, 0) is 14.6 Å². The molecule has 166 valence electrons. The molecule has 0 saturated heterocycles. The number of rotatable bonds is 7. The second-order valence-corrected chi connectivity index (χ2v) is 10.1. The van der Waals surface area contributed by atoms with Crippen molar-refractivity contribution in [3.8, 4) is 22.5 Å². The number of benzene rings is 3. The van der Waals surface area contributed by atoms with Gasteiger partial charge in [0.2, 0.25) is 11.1 Å². The van der Waals surface area contributed by atoms with E-state index in [-0.39, 0.29) is 16.6 Å². The zero-order valence-corrected chi connectivity index (χ0v) is 19.3. The predicted octanol–water partition coefficient (Wildman–Crippen LogP) is 4.34. The minimum absolute atomic E-state index is 0.0778. The van der Waals surface area contributed by atoms with Crippen LogP contribution in [0.4, 0.5) is 5.69 Å². The Kier molecular flexibility index (Phi) is 6.81. The molecule has 0 aliphatic heterocycles. The fourth-order valence-electron chi connectivity index (χ4n) is 3.07. The van der Waals surface area contributed by atoms with Crippen LogP contribution in [-0.4, -0.2) is 41.5 Å². The Morgan fingerprint density at radius 1 is 0.818 bits per heavy atom. The smallest absolute Gasteiger partial charge is 0.234 e. The number of hydrogen-bond acceptors (Lipinski definition) is 7. The molecule has 0 atom stereocenters. The van der Waals surface area contributed by atoms with E-state index in [1.54, 1.807) is 12.1 Å². The summed E-state index contributed by atoms with van der Waals surface area (Å²) in [4.78, 5) is 17.3. The van der Waals surface area contributed by atoms with Crippen molar-refractivity contribution in [2.75, 3.05) is 17.3 Å². The molecule has 0 spiro atoms. The summed E-state index contributed by atoms with van der Waals surface area (Å²) in [6.07, 6.45) is 1.14. The lowest BCUT2D eigenvalue weighted by atomic mass is 10.0. The summed E-state index contributed by atoms with van der Waals surface area (Å²) in [5, 5.41) is 11.7. The van der Waals surface area contributed by atoms with E-state index in [1.807, 2.05) is 60.7 Å². The van der Waals surface area contributed by atoms with Gasteiger partial charge < -0.3 is 5.32 Å². The van der Waals surface area contributed by atoms with Crippen LogP contribution < -0.4 is 5.32 Å². The average Bonchev–Trinajstić information content (AvgIpc) is 2.83. The van der Waals surface area contributed by atoms with Crippen molar-refractivity contribution in [3.05, 3.63) is 84.9 Å². The van der Waals surface area contributed by atoms with Crippen LogP contribution >= 0.6 is 11.8 Å². The quantitative estimate of drug-likeness (QED) is 0.396. The van der Waals surface area contributed by atoms with Gasteiger partial charge in [-0.1, -0.05) is 72.4 Å². The molecule has 0 aliphatic carbocycles. The molecule has 0 bridgehead atoms. The first-order chi connectivity index (χ1) is 15.9. The first-order valence-electron chi connectivity index (χ1n) is 9.98. The molecule has 1 heterocycles. The van der Waals surface area contributed by atoms with Crippen molar-refractivity contribution in [3.63, 3.8) is 0 Å². The third-order valence-electron chi connectivity index (χ3n) is 4.66. The SMILES string of the molecule is CS(=O)(=O)c1ccc(NC(=O)CSc2nnc(-c3ccccc3)c(-c3ccccc3)n2)cc1. The lowest BCUT2D eigenvalue weighted by Gasteiger charge is -2.09. The average molecular weight is 477 g/mol. The Morgan fingerprint density at radius 3 is 1.97 bits per heavy atom. The van der Waals surface area contributed by atoms with Crippen molar-refractivity contribution in [1.29, 1.82) is 0 Å². The highest BCUT2D eigenvalue weighted by molar-refractivity contribution is 7.99. The minimum atomic E-state index is -3.29. The number of carbonyl (C=O) groups is 1. The standard InChI is InChI=1S/C24H20N4O3S2/c1-33(30,31)20-14-12-19(13-15-20)25-21(29)16-32-24-26-22(17-8-4-2-5-9-17)23(27-28-24)18-10-6-3-7-11-18/h2-15H,16H2,1H3,(H,25,29). The first kappa shape index (κ1) is 22.6. The van der Waals surface area contributed by atoms with Crippen LogP contribution in [0.2, 0.25) is 0 Å². The van der Waals surface area contributed by atoms with E-state index < -0.39 is 9.84 Å². The Bertz CT molecular complexity index is 1360. The molecular weight excluding hydrogens is 456 g/mol. The summed E-state index contributed by atoms with van der Waals surface area (Å²) < 4.78 is 23.1. The topological polar surface area (TPSA) is 102 Å². The number of sulfone groups is 1. The molecule has 4 rings (SSSR count). The maximum atomic E-state index is 12.4. The molecule has 0 unspecified atom stereocenters. The summed E-state index contributed by atoms with van der Waals surface area (Å²) in [6.45, 7) is 0. The van der Waals surface area contributed by atoms with E-state index in [9.17, 15) is 13.2 Å². The van der Waals surface area contributed by atoms with Gasteiger partial charge in [-0.05, 0) is 24.3 Å². The molecule has 9 heteroatoms. The van der Waals surface area contributed by atoms with Crippen LogP contribution in [0.1, 0.15) is 0 Å². The summed E-state index contributed by atoms with van der Waals surface area (Å²) in [7, 11) is -3.29. The normalized spacial score (nSPS) is 11.2. The number of nitrogens with one attached hydrogen (secondary N) is 1. The monoisotopic (exact) mass is 476 g/mol. The van der Waals surface area contributed by atoms with Gasteiger partial charge in [-0.15, -0.1) is 10.2 Å². The molecule has 1 amide bonds. The summed E-state index contributed by atoms with van der Waals surface area (Å²) in [6, 6.07) is 25.4. The minimum Gasteiger partial charge on any atom is -0.325 e. The number of hydrogen-bond donors (Lipinski definition) is 1. The van der Waals surface area contributed by atoms with E-state index in [4.69, 9.17) is 0 Å². The van der Waals surface area contributed by atoms with Crippen molar-refractivity contribution in [2.24, 2.45) is 0 Å². The van der Waals surface area contributed by atoms with E-state index in [0.717, 1.165) is 17.4 Å². The molecule has 4 aromatic rings. The Labute approximate surface area is 196 Å². The van der Waals surface area contributed by atoms with Gasteiger partial charge in [-0.2, -0.15) is 0 Å². The molecular formula is C24H20N4O3S2. The zero-order valence-electron chi connectivity index (χ0n) is 17.7. The second-order valence-electron chi connectivity index (χ2n) is 7.16. The number of thioether (sulfide) groups is 1. The summed E-state index contributed by atoms with van der Waals surface area (Å²) >= 11 is 1.18. The van der Waals surface area contributed by atoms with Gasteiger partial charge in [0, 0.05) is 23.1 Å².